The summed E-state index contributed by atoms with van der Waals surface area (Å²) >= 11 is 0. The maximum atomic E-state index is 11.5. The molecule has 0 aliphatic carbocycles. The summed E-state index contributed by atoms with van der Waals surface area (Å²) in [4.78, 5) is 11.5. The third kappa shape index (κ3) is 2.13. The fourth-order valence-corrected chi connectivity index (χ4v) is 2.98. The molecule has 0 radical (unpaired) electrons. The maximum absolute atomic E-state index is 11.5. The van der Waals surface area contributed by atoms with Crippen molar-refractivity contribution in [2.45, 2.75) is 70.7 Å². The van der Waals surface area contributed by atoms with Crippen LogP contribution in [0.2, 0.25) is 0 Å². The summed E-state index contributed by atoms with van der Waals surface area (Å²) in [5.74, 6) is -0.355. The van der Waals surface area contributed by atoms with Crippen molar-refractivity contribution < 1.29 is 14.3 Å². The van der Waals surface area contributed by atoms with Crippen molar-refractivity contribution in [1.82, 2.24) is 0 Å². The minimum absolute atomic E-state index is 0.213. The largest absolute Gasteiger partial charge is 0.453 e. The Morgan fingerprint density at radius 1 is 1.41 bits per heavy atom. The molecule has 1 aliphatic rings. The third-order valence-electron chi connectivity index (χ3n) is 4.09. The van der Waals surface area contributed by atoms with Crippen molar-refractivity contribution in [3.05, 3.63) is 12.7 Å². The van der Waals surface area contributed by atoms with Gasteiger partial charge in [0, 0.05) is 6.08 Å². The highest BCUT2D eigenvalue weighted by molar-refractivity contribution is 5.81. The van der Waals surface area contributed by atoms with E-state index in [1.165, 1.54) is 6.08 Å². The predicted molar refractivity (Wildman–Crippen MR) is 67.8 cm³/mol. The Bertz CT molecular complexity index is 294. The molecule has 98 valence electrons. The van der Waals surface area contributed by atoms with Gasteiger partial charge in [0.05, 0.1) is 6.10 Å². The van der Waals surface area contributed by atoms with Crippen LogP contribution < -0.4 is 0 Å². The monoisotopic (exact) mass is 240 g/mol. The Labute approximate surface area is 104 Å². The lowest BCUT2D eigenvalue weighted by atomic mass is 9.77. The number of ether oxygens (including phenoxy) is 2. The zero-order valence-corrected chi connectivity index (χ0v) is 11.4. The molecule has 2 unspecified atom stereocenters. The van der Waals surface area contributed by atoms with E-state index in [2.05, 4.69) is 20.4 Å². The quantitative estimate of drug-likeness (QED) is 0.389. The molecule has 0 spiro atoms. The highest BCUT2D eigenvalue weighted by Gasteiger charge is 2.67. The second-order valence-corrected chi connectivity index (χ2v) is 4.58. The van der Waals surface area contributed by atoms with Crippen molar-refractivity contribution >= 4 is 5.97 Å². The first-order chi connectivity index (χ1) is 8.05. The fraction of sp³-hybridized carbons (Fsp3) is 0.786. The summed E-state index contributed by atoms with van der Waals surface area (Å²) in [6, 6.07) is 0. The Balaban J connectivity index is 2.98. The van der Waals surface area contributed by atoms with Gasteiger partial charge in [-0.15, -0.1) is 0 Å². The summed E-state index contributed by atoms with van der Waals surface area (Å²) in [6.45, 7) is 11.8. The van der Waals surface area contributed by atoms with Gasteiger partial charge in [0.2, 0.25) is 0 Å². The van der Waals surface area contributed by atoms with Crippen LogP contribution in [0, 0.1) is 0 Å². The van der Waals surface area contributed by atoms with E-state index in [0.29, 0.717) is 0 Å². The van der Waals surface area contributed by atoms with Gasteiger partial charge in [-0.2, -0.15) is 0 Å². The first-order valence-corrected chi connectivity index (χ1v) is 6.59. The Morgan fingerprint density at radius 3 is 2.29 bits per heavy atom. The summed E-state index contributed by atoms with van der Waals surface area (Å²) in [5, 5.41) is 0. The van der Waals surface area contributed by atoms with E-state index in [-0.39, 0.29) is 17.7 Å². The fourth-order valence-electron chi connectivity index (χ4n) is 2.98. The number of carbonyl (C=O) groups is 1. The number of esters is 1. The summed E-state index contributed by atoms with van der Waals surface area (Å²) < 4.78 is 11.5. The highest BCUT2D eigenvalue weighted by Crippen LogP contribution is 2.54. The van der Waals surface area contributed by atoms with E-state index in [1.807, 2.05) is 13.8 Å². The summed E-state index contributed by atoms with van der Waals surface area (Å²) in [6.07, 6.45) is 4.82. The van der Waals surface area contributed by atoms with Crippen LogP contribution in [0.15, 0.2) is 12.7 Å². The lowest BCUT2D eigenvalue weighted by Gasteiger charge is -2.37. The van der Waals surface area contributed by atoms with Crippen LogP contribution in [0.5, 0.6) is 0 Å². The normalized spacial score (nSPS) is 27.6. The van der Waals surface area contributed by atoms with Gasteiger partial charge in [0.1, 0.15) is 11.2 Å². The number of carbonyl (C=O) groups excluding carboxylic acids is 1. The zero-order chi connectivity index (χ0) is 13.1. The minimum atomic E-state index is -0.506. The number of hydrogen-bond acceptors (Lipinski definition) is 3. The second-order valence-electron chi connectivity index (χ2n) is 4.58. The summed E-state index contributed by atoms with van der Waals surface area (Å²) in [5.41, 5.74) is -0.794. The average molecular weight is 240 g/mol. The van der Waals surface area contributed by atoms with E-state index in [9.17, 15) is 4.79 Å². The molecule has 1 aliphatic heterocycles. The first-order valence-electron chi connectivity index (χ1n) is 6.59. The smallest absolute Gasteiger partial charge is 0.330 e. The molecular formula is C14H24O3. The number of epoxide rings is 1. The van der Waals surface area contributed by atoms with Crippen molar-refractivity contribution in [3.63, 3.8) is 0 Å². The summed E-state index contributed by atoms with van der Waals surface area (Å²) in [7, 11) is 0. The minimum Gasteiger partial charge on any atom is -0.453 e. The molecule has 17 heavy (non-hydrogen) atoms. The van der Waals surface area contributed by atoms with Crippen LogP contribution in [0.3, 0.4) is 0 Å². The van der Waals surface area contributed by atoms with Gasteiger partial charge in [-0.05, 0) is 25.7 Å². The van der Waals surface area contributed by atoms with E-state index < -0.39 is 5.60 Å². The Hall–Kier alpha value is -0.830. The molecule has 0 aromatic heterocycles. The van der Waals surface area contributed by atoms with Gasteiger partial charge in [0.15, 0.2) is 0 Å². The second kappa shape index (κ2) is 5.21. The molecule has 0 N–H and O–H groups in total. The molecule has 0 aromatic carbocycles. The van der Waals surface area contributed by atoms with Gasteiger partial charge < -0.3 is 9.47 Å². The van der Waals surface area contributed by atoms with Crippen LogP contribution in [0.4, 0.5) is 0 Å². The average Bonchev–Trinajstić information content (AvgIpc) is 3.11. The van der Waals surface area contributed by atoms with Crippen LogP contribution in [0.25, 0.3) is 0 Å². The molecule has 0 bridgehead atoms. The third-order valence-corrected chi connectivity index (χ3v) is 4.09. The molecule has 0 saturated carbocycles. The van der Waals surface area contributed by atoms with Gasteiger partial charge in [-0.1, -0.05) is 34.3 Å². The van der Waals surface area contributed by atoms with Crippen molar-refractivity contribution in [1.29, 1.82) is 0 Å². The molecule has 1 saturated heterocycles. The molecule has 2 atom stereocenters. The van der Waals surface area contributed by atoms with Crippen LogP contribution in [-0.2, 0) is 14.3 Å². The van der Waals surface area contributed by atoms with Gasteiger partial charge in [-0.25, -0.2) is 4.79 Å². The first kappa shape index (κ1) is 14.2. The molecule has 3 nitrogen and oxygen atoms in total. The number of rotatable bonds is 7. The van der Waals surface area contributed by atoms with Gasteiger partial charge in [-0.3, -0.25) is 0 Å². The van der Waals surface area contributed by atoms with E-state index in [0.717, 1.165) is 25.7 Å². The molecule has 1 heterocycles. The van der Waals surface area contributed by atoms with E-state index in [1.54, 1.807) is 0 Å². The van der Waals surface area contributed by atoms with Crippen molar-refractivity contribution in [2.75, 3.05) is 0 Å². The molecule has 3 heteroatoms. The van der Waals surface area contributed by atoms with Crippen LogP contribution >= 0.6 is 0 Å². The van der Waals surface area contributed by atoms with Crippen LogP contribution in [0.1, 0.15) is 53.4 Å². The van der Waals surface area contributed by atoms with Gasteiger partial charge in [0.25, 0.3) is 0 Å². The molecule has 0 amide bonds. The molecular weight excluding hydrogens is 216 g/mol. The zero-order valence-electron chi connectivity index (χ0n) is 11.4. The highest BCUT2D eigenvalue weighted by atomic mass is 16.7. The maximum Gasteiger partial charge on any atom is 0.330 e. The standard InChI is InChI=1S/C14H24O3/c1-6-11-14(10-5,16-11)13(8-3,9-4)17-12(15)7-2/h7,11H,2,6,8-10H2,1,3-5H3. The topological polar surface area (TPSA) is 38.8 Å². The molecule has 1 rings (SSSR count). The van der Waals surface area contributed by atoms with Crippen molar-refractivity contribution in [3.8, 4) is 0 Å². The van der Waals surface area contributed by atoms with E-state index >= 15 is 0 Å². The van der Waals surface area contributed by atoms with Gasteiger partial charge >= 0.3 is 5.97 Å². The molecule has 1 fully saturated rings. The SMILES string of the molecule is C=CC(=O)OC(CC)(CC)C1(CC)OC1CC. The molecule has 0 aromatic rings. The van der Waals surface area contributed by atoms with E-state index in [4.69, 9.17) is 9.47 Å². The lowest BCUT2D eigenvalue weighted by Crippen LogP contribution is -2.49. The lowest BCUT2D eigenvalue weighted by molar-refractivity contribution is -0.164. The predicted octanol–water partition coefficient (Wildman–Crippen LogP) is 3.23. The Morgan fingerprint density at radius 2 is 2.00 bits per heavy atom. The van der Waals surface area contributed by atoms with Crippen LogP contribution in [-0.4, -0.2) is 23.3 Å². The number of hydrogen-bond donors (Lipinski definition) is 0. The van der Waals surface area contributed by atoms with Crippen molar-refractivity contribution in [2.24, 2.45) is 0 Å². The Kier molecular flexibility index (Phi) is 4.36.